The van der Waals surface area contributed by atoms with Gasteiger partial charge in [0.15, 0.2) is 0 Å². The molecule has 26 heavy (non-hydrogen) atoms. The summed E-state index contributed by atoms with van der Waals surface area (Å²) in [5, 5.41) is 7.70. The molecule has 0 spiro atoms. The summed E-state index contributed by atoms with van der Waals surface area (Å²) in [6.07, 6.45) is 7.65. The van der Waals surface area contributed by atoms with Crippen LogP contribution in [-0.4, -0.2) is 27.8 Å². The van der Waals surface area contributed by atoms with E-state index >= 15 is 0 Å². The number of hydrogen-bond donors (Lipinski definition) is 2. The van der Waals surface area contributed by atoms with Crippen LogP contribution in [0.25, 0.3) is 5.69 Å². The second-order valence-electron chi connectivity index (χ2n) is 7.63. The minimum absolute atomic E-state index is 0. The number of nitrogens with two attached hydrogens (primary N) is 1. The Bertz CT molecular complexity index is 743. The molecular formula is C20H27ClN4O. The number of aryl methyl sites for hydroxylation is 1. The first-order chi connectivity index (χ1) is 12.1. The maximum absolute atomic E-state index is 12.7. The Morgan fingerprint density at radius 2 is 1.81 bits per heavy atom. The van der Waals surface area contributed by atoms with Gasteiger partial charge in [-0.3, -0.25) is 4.79 Å². The van der Waals surface area contributed by atoms with Gasteiger partial charge in [0.05, 0.1) is 11.4 Å². The van der Waals surface area contributed by atoms with E-state index < -0.39 is 0 Å². The third kappa shape index (κ3) is 3.79. The highest BCUT2D eigenvalue weighted by Crippen LogP contribution is 2.39. The lowest BCUT2D eigenvalue weighted by atomic mass is 9.67. The lowest BCUT2D eigenvalue weighted by molar-refractivity contribution is 0.0756. The number of nitrogens with one attached hydrogen (secondary N) is 1. The number of carbonyl (C=O) groups excluding carboxylic acids is 1. The van der Waals surface area contributed by atoms with Gasteiger partial charge in [0, 0.05) is 23.8 Å². The van der Waals surface area contributed by atoms with Crippen molar-refractivity contribution in [3.05, 3.63) is 47.8 Å². The number of aromatic nitrogens is 2. The smallest absolute Gasteiger partial charge is 0.251 e. The Balaban J connectivity index is 0.00000196. The first kappa shape index (κ1) is 18.9. The number of nitrogens with zero attached hydrogens (tertiary/aromatic N) is 2. The fraction of sp³-hybridized carbons (Fsp3) is 0.500. The van der Waals surface area contributed by atoms with E-state index in [9.17, 15) is 4.79 Å². The van der Waals surface area contributed by atoms with Gasteiger partial charge in [0.1, 0.15) is 0 Å². The standard InChI is InChI=1S/C20H26N4O.ClH/c1-13-9-10-24(23-13)18-7-5-14(6-8-18)20(25)22-19-15-3-2-4-16(19)12-17(21)11-15;/h5-10,15-17,19H,2-4,11-12,21H2,1H3,(H,22,25);1H. The van der Waals surface area contributed by atoms with Gasteiger partial charge in [-0.1, -0.05) is 6.42 Å². The normalized spacial score (nSPS) is 27.5. The van der Waals surface area contributed by atoms with E-state index in [0.29, 0.717) is 23.4 Å². The number of carbonyl (C=O) groups is 1. The maximum Gasteiger partial charge on any atom is 0.251 e. The van der Waals surface area contributed by atoms with Crippen LogP contribution in [0.3, 0.4) is 0 Å². The SMILES string of the molecule is Cc1ccn(-c2ccc(C(=O)NC3C4CCCC3CC(N)C4)cc2)n1.Cl. The minimum atomic E-state index is 0. The van der Waals surface area contributed by atoms with Crippen LogP contribution in [0.5, 0.6) is 0 Å². The first-order valence-corrected chi connectivity index (χ1v) is 9.29. The van der Waals surface area contributed by atoms with Crippen molar-refractivity contribution in [2.45, 2.75) is 51.1 Å². The molecule has 0 aliphatic heterocycles. The predicted octanol–water partition coefficient (Wildman–Crippen LogP) is 3.24. The molecule has 2 atom stereocenters. The summed E-state index contributed by atoms with van der Waals surface area (Å²) in [6.45, 7) is 1.96. The van der Waals surface area contributed by atoms with Crippen molar-refractivity contribution in [2.75, 3.05) is 0 Å². The van der Waals surface area contributed by atoms with Gasteiger partial charge >= 0.3 is 0 Å². The van der Waals surface area contributed by atoms with E-state index in [1.165, 1.54) is 19.3 Å². The van der Waals surface area contributed by atoms with E-state index in [4.69, 9.17) is 5.73 Å². The number of halogens is 1. The number of amides is 1. The highest BCUT2D eigenvalue weighted by atomic mass is 35.5. The average Bonchev–Trinajstić information content (AvgIpc) is 3.02. The molecule has 6 heteroatoms. The topological polar surface area (TPSA) is 72.9 Å². The zero-order valence-electron chi connectivity index (χ0n) is 15.1. The van der Waals surface area contributed by atoms with Crippen molar-refractivity contribution in [1.82, 2.24) is 15.1 Å². The highest BCUT2D eigenvalue weighted by molar-refractivity contribution is 5.94. The molecule has 5 nitrogen and oxygen atoms in total. The van der Waals surface area contributed by atoms with Crippen LogP contribution in [0.1, 0.15) is 48.2 Å². The van der Waals surface area contributed by atoms with Crippen molar-refractivity contribution in [2.24, 2.45) is 17.6 Å². The maximum atomic E-state index is 12.7. The number of rotatable bonds is 3. The quantitative estimate of drug-likeness (QED) is 0.866. The summed E-state index contributed by atoms with van der Waals surface area (Å²) < 4.78 is 1.82. The molecular weight excluding hydrogens is 348 g/mol. The van der Waals surface area contributed by atoms with Crippen LogP contribution in [0.2, 0.25) is 0 Å². The molecule has 0 radical (unpaired) electrons. The molecule has 3 N–H and O–H groups in total. The molecule has 2 aromatic rings. The van der Waals surface area contributed by atoms with E-state index in [1.54, 1.807) is 0 Å². The third-order valence-corrected chi connectivity index (χ3v) is 5.79. The molecule has 2 fully saturated rings. The second-order valence-corrected chi connectivity index (χ2v) is 7.63. The van der Waals surface area contributed by atoms with Gasteiger partial charge in [-0.15, -0.1) is 12.4 Å². The van der Waals surface area contributed by atoms with E-state index in [-0.39, 0.29) is 24.4 Å². The van der Waals surface area contributed by atoms with Crippen molar-refractivity contribution in [1.29, 1.82) is 0 Å². The molecule has 2 aliphatic carbocycles. The minimum Gasteiger partial charge on any atom is -0.349 e. The number of hydrogen-bond acceptors (Lipinski definition) is 3. The van der Waals surface area contributed by atoms with Gasteiger partial charge in [0.25, 0.3) is 5.91 Å². The fourth-order valence-corrected chi connectivity index (χ4v) is 4.58. The summed E-state index contributed by atoms with van der Waals surface area (Å²) >= 11 is 0. The highest BCUT2D eigenvalue weighted by Gasteiger charge is 2.39. The fourth-order valence-electron chi connectivity index (χ4n) is 4.58. The van der Waals surface area contributed by atoms with Crippen molar-refractivity contribution in [3.8, 4) is 5.69 Å². The van der Waals surface area contributed by atoms with Crippen LogP contribution >= 0.6 is 12.4 Å². The summed E-state index contributed by atoms with van der Waals surface area (Å²) in [5.74, 6) is 1.11. The molecule has 2 saturated carbocycles. The lowest BCUT2D eigenvalue weighted by Crippen LogP contribution is -2.53. The molecule has 1 heterocycles. The van der Waals surface area contributed by atoms with E-state index in [2.05, 4.69) is 10.4 Å². The van der Waals surface area contributed by atoms with Gasteiger partial charge in [-0.2, -0.15) is 5.10 Å². The monoisotopic (exact) mass is 374 g/mol. The molecule has 0 saturated heterocycles. The van der Waals surface area contributed by atoms with Gasteiger partial charge in [-0.25, -0.2) is 4.68 Å². The molecule has 2 bridgehead atoms. The molecule has 1 aromatic heterocycles. The van der Waals surface area contributed by atoms with Gasteiger partial charge in [0.2, 0.25) is 0 Å². The summed E-state index contributed by atoms with van der Waals surface area (Å²) in [5.41, 5.74) is 8.83. The molecule has 2 unspecified atom stereocenters. The Hall–Kier alpha value is -1.85. The summed E-state index contributed by atoms with van der Waals surface area (Å²) in [4.78, 5) is 12.7. The van der Waals surface area contributed by atoms with Crippen LogP contribution in [0, 0.1) is 18.8 Å². The van der Waals surface area contributed by atoms with Crippen LogP contribution < -0.4 is 11.1 Å². The molecule has 4 rings (SSSR count). The second kappa shape index (κ2) is 7.80. The summed E-state index contributed by atoms with van der Waals surface area (Å²) in [7, 11) is 0. The zero-order chi connectivity index (χ0) is 17.4. The Labute approximate surface area is 160 Å². The van der Waals surface area contributed by atoms with E-state index in [1.807, 2.05) is 48.1 Å². The third-order valence-electron chi connectivity index (χ3n) is 5.79. The predicted molar refractivity (Wildman–Crippen MR) is 105 cm³/mol. The largest absolute Gasteiger partial charge is 0.349 e. The first-order valence-electron chi connectivity index (χ1n) is 9.29. The van der Waals surface area contributed by atoms with Gasteiger partial charge < -0.3 is 11.1 Å². The van der Waals surface area contributed by atoms with Crippen LogP contribution in [0.4, 0.5) is 0 Å². The Morgan fingerprint density at radius 3 is 2.38 bits per heavy atom. The molecule has 140 valence electrons. The zero-order valence-corrected chi connectivity index (χ0v) is 15.9. The summed E-state index contributed by atoms with van der Waals surface area (Å²) in [6, 6.07) is 10.2. The van der Waals surface area contributed by atoms with Crippen molar-refractivity contribution in [3.63, 3.8) is 0 Å². The lowest BCUT2D eigenvalue weighted by Gasteiger charge is -2.45. The Morgan fingerprint density at radius 1 is 1.15 bits per heavy atom. The molecule has 1 amide bonds. The van der Waals surface area contributed by atoms with Crippen molar-refractivity contribution < 1.29 is 4.79 Å². The molecule has 2 aliphatic rings. The molecule has 1 aromatic carbocycles. The average molecular weight is 375 g/mol. The van der Waals surface area contributed by atoms with E-state index in [0.717, 1.165) is 24.2 Å². The van der Waals surface area contributed by atoms with Gasteiger partial charge in [-0.05, 0) is 74.8 Å². The van der Waals surface area contributed by atoms with Crippen LogP contribution in [0.15, 0.2) is 36.5 Å². The Kier molecular flexibility index (Phi) is 5.68. The van der Waals surface area contributed by atoms with Crippen LogP contribution in [-0.2, 0) is 0 Å². The number of fused-ring (bicyclic) bond motifs is 2. The van der Waals surface area contributed by atoms with Crippen molar-refractivity contribution >= 4 is 18.3 Å². The number of benzene rings is 1.